The van der Waals surface area contributed by atoms with Gasteiger partial charge in [0.1, 0.15) is 11.3 Å². The molecule has 0 amide bonds. The Kier molecular flexibility index (Phi) is 2.28. The molecule has 94 valence electrons. The second kappa shape index (κ2) is 3.86. The molecule has 2 heteroatoms. The van der Waals surface area contributed by atoms with Crippen LogP contribution in [-0.4, -0.2) is 24.5 Å². The highest BCUT2D eigenvalue weighted by atomic mass is 16.3. The summed E-state index contributed by atoms with van der Waals surface area (Å²) in [6.07, 6.45) is 2.76. The van der Waals surface area contributed by atoms with Crippen molar-refractivity contribution in [3.05, 3.63) is 35.6 Å². The van der Waals surface area contributed by atoms with Gasteiger partial charge in [-0.1, -0.05) is 6.07 Å². The van der Waals surface area contributed by atoms with Crippen LogP contribution < -0.4 is 0 Å². The van der Waals surface area contributed by atoms with E-state index in [-0.39, 0.29) is 0 Å². The van der Waals surface area contributed by atoms with Crippen molar-refractivity contribution in [2.24, 2.45) is 5.92 Å². The van der Waals surface area contributed by atoms with Gasteiger partial charge in [0, 0.05) is 11.9 Å². The maximum Gasteiger partial charge on any atom is 0.134 e. The Morgan fingerprint density at radius 1 is 1.17 bits per heavy atom. The largest absolute Gasteiger partial charge is 0.461 e. The molecule has 2 bridgehead atoms. The lowest BCUT2D eigenvalue weighted by Crippen LogP contribution is -2.46. The summed E-state index contributed by atoms with van der Waals surface area (Å²) in [5.74, 6) is 2.66. The molecule has 3 fully saturated rings. The van der Waals surface area contributed by atoms with Gasteiger partial charge in [-0.2, -0.15) is 0 Å². The molecular weight excluding hydrogens is 222 g/mol. The first-order chi connectivity index (χ1) is 8.79. The molecule has 0 spiro atoms. The third-order valence-corrected chi connectivity index (χ3v) is 4.75. The Balaban J connectivity index is 1.73. The van der Waals surface area contributed by atoms with Gasteiger partial charge in [-0.15, -0.1) is 0 Å². The zero-order chi connectivity index (χ0) is 12.1. The summed E-state index contributed by atoms with van der Waals surface area (Å²) in [5, 5.41) is 1.27. The minimum absolute atomic E-state index is 0.743. The molecule has 3 saturated heterocycles. The summed E-state index contributed by atoms with van der Waals surface area (Å²) in [6, 6.07) is 8.92. The summed E-state index contributed by atoms with van der Waals surface area (Å²) in [6.45, 7) is 5.91. The number of furan rings is 1. The fraction of sp³-hybridized carbons (Fsp3) is 0.500. The van der Waals surface area contributed by atoms with Crippen molar-refractivity contribution in [3.63, 3.8) is 0 Å². The molecule has 2 nitrogen and oxygen atoms in total. The second-order valence-electron chi connectivity index (χ2n) is 5.90. The number of piperidine rings is 3. The normalized spacial score (nSPS) is 31.1. The van der Waals surface area contributed by atoms with E-state index in [9.17, 15) is 0 Å². The average Bonchev–Trinajstić information content (AvgIpc) is 2.79. The van der Waals surface area contributed by atoms with E-state index < -0.39 is 0 Å². The molecule has 18 heavy (non-hydrogen) atoms. The van der Waals surface area contributed by atoms with Crippen molar-refractivity contribution in [2.75, 3.05) is 19.6 Å². The topological polar surface area (TPSA) is 16.4 Å². The Bertz CT molecular complexity index is 578. The van der Waals surface area contributed by atoms with E-state index >= 15 is 0 Å². The van der Waals surface area contributed by atoms with E-state index in [1.165, 1.54) is 43.4 Å². The Labute approximate surface area is 108 Å². The van der Waals surface area contributed by atoms with Crippen molar-refractivity contribution in [1.29, 1.82) is 0 Å². The highest BCUT2D eigenvalue weighted by Crippen LogP contribution is 2.39. The maximum absolute atomic E-state index is 5.66. The quantitative estimate of drug-likeness (QED) is 0.759. The minimum atomic E-state index is 0.743. The van der Waals surface area contributed by atoms with E-state index in [2.05, 4.69) is 29.2 Å². The van der Waals surface area contributed by atoms with Crippen molar-refractivity contribution in [2.45, 2.75) is 25.7 Å². The summed E-state index contributed by atoms with van der Waals surface area (Å²) < 4.78 is 5.66. The smallest absolute Gasteiger partial charge is 0.134 e. The Morgan fingerprint density at radius 2 is 2.00 bits per heavy atom. The third-order valence-electron chi connectivity index (χ3n) is 4.75. The van der Waals surface area contributed by atoms with Gasteiger partial charge in [0.05, 0.1) is 0 Å². The predicted molar refractivity (Wildman–Crippen MR) is 72.9 cm³/mol. The molecule has 4 heterocycles. The number of hydrogen-bond acceptors (Lipinski definition) is 2. The van der Waals surface area contributed by atoms with Crippen LogP contribution in [0, 0.1) is 12.8 Å². The van der Waals surface area contributed by atoms with Crippen molar-refractivity contribution >= 4 is 11.0 Å². The van der Waals surface area contributed by atoms with Crippen molar-refractivity contribution in [1.82, 2.24) is 4.90 Å². The standard InChI is InChI=1S/C16H19NO/c1-11-8-14-9-13(2-3-16(14)18-11)15-10-17-6-4-12(15)5-7-17/h2-3,8-9,12,15H,4-7,10H2,1H3. The number of benzene rings is 1. The lowest BCUT2D eigenvalue weighted by molar-refractivity contribution is 0.0871. The van der Waals surface area contributed by atoms with Gasteiger partial charge in [-0.05, 0) is 68.5 Å². The zero-order valence-corrected chi connectivity index (χ0v) is 10.9. The molecule has 1 unspecified atom stereocenters. The summed E-state index contributed by atoms with van der Waals surface area (Å²) in [5.41, 5.74) is 2.54. The van der Waals surface area contributed by atoms with Gasteiger partial charge in [-0.25, -0.2) is 0 Å². The predicted octanol–water partition coefficient (Wildman–Crippen LogP) is 3.55. The number of hydrogen-bond donors (Lipinski definition) is 0. The lowest BCUT2D eigenvalue weighted by atomic mass is 9.75. The average molecular weight is 241 g/mol. The van der Waals surface area contributed by atoms with Gasteiger partial charge < -0.3 is 9.32 Å². The third kappa shape index (κ3) is 1.59. The van der Waals surface area contributed by atoms with E-state index in [0.717, 1.165) is 23.2 Å². The molecule has 2 aromatic rings. The first-order valence-electron chi connectivity index (χ1n) is 7.02. The zero-order valence-electron chi connectivity index (χ0n) is 10.9. The van der Waals surface area contributed by atoms with Gasteiger partial charge in [0.2, 0.25) is 0 Å². The fourth-order valence-corrected chi connectivity index (χ4v) is 3.77. The maximum atomic E-state index is 5.66. The molecule has 3 aliphatic heterocycles. The molecule has 1 aromatic heterocycles. The molecule has 1 atom stereocenters. The number of nitrogens with zero attached hydrogens (tertiary/aromatic N) is 1. The second-order valence-corrected chi connectivity index (χ2v) is 5.90. The molecule has 1 aromatic carbocycles. The monoisotopic (exact) mass is 241 g/mol. The molecule has 0 N–H and O–H groups in total. The van der Waals surface area contributed by atoms with Crippen LogP contribution in [0.1, 0.15) is 30.1 Å². The SMILES string of the molecule is Cc1cc2cc(C3CN4CCC3CC4)ccc2o1. The first kappa shape index (κ1) is 10.6. The van der Waals surface area contributed by atoms with Crippen LogP contribution in [0.3, 0.4) is 0 Å². The van der Waals surface area contributed by atoms with Crippen LogP contribution in [0.2, 0.25) is 0 Å². The molecule has 0 saturated carbocycles. The molecule has 3 aliphatic rings. The lowest BCUT2D eigenvalue weighted by Gasteiger charge is -2.45. The van der Waals surface area contributed by atoms with Crippen LogP contribution in [0.5, 0.6) is 0 Å². The van der Waals surface area contributed by atoms with Gasteiger partial charge in [0.25, 0.3) is 0 Å². The summed E-state index contributed by atoms with van der Waals surface area (Å²) >= 11 is 0. The van der Waals surface area contributed by atoms with Gasteiger partial charge >= 0.3 is 0 Å². The number of fused-ring (bicyclic) bond motifs is 4. The van der Waals surface area contributed by atoms with Crippen molar-refractivity contribution < 1.29 is 4.42 Å². The van der Waals surface area contributed by atoms with E-state index in [0.29, 0.717) is 0 Å². The van der Waals surface area contributed by atoms with E-state index in [1.54, 1.807) is 0 Å². The van der Waals surface area contributed by atoms with Crippen LogP contribution in [0.15, 0.2) is 28.7 Å². The van der Waals surface area contributed by atoms with Gasteiger partial charge in [-0.3, -0.25) is 0 Å². The van der Waals surface area contributed by atoms with Crippen LogP contribution in [0.25, 0.3) is 11.0 Å². The summed E-state index contributed by atoms with van der Waals surface area (Å²) in [4.78, 5) is 2.62. The fourth-order valence-electron chi connectivity index (χ4n) is 3.77. The minimum Gasteiger partial charge on any atom is -0.461 e. The van der Waals surface area contributed by atoms with Gasteiger partial charge in [0.15, 0.2) is 0 Å². The summed E-state index contributed by atoms with van der Waals surface area (Å²) in [7, 11) is 0. The number of aryl methyl sites for hydroxylation is 1. The highest BCUT2D eigenvalue weighted by molar-refractivity contribution is 5.78. The highest BCUT2D eigenvalue weighted by Gasteiger charge is 2.34. The Morgan fingerprint density at radius 3 is 2.72 bits per heavy atom. The van der Waals surface area contributed by atoms with E-state index in [4.69, 9.17) is 4.42 Å². The van der Waals surface area contributed by atoms with E-state index in [1.807, 2.05) is 6.92 Å². The van der Waals surface area contributed by atoms with Crippen LogP contribution >= 0.6 is 0 Å². The number of rotatable bonds is 1. The molecule has 0 aliphatic carbocycles. The van der Waals surface area contributed by atoms with Crippen LogP contribution in [-0.2, 0) is 0 Å². The van der Waals surface area contributed by atoms with Crippen LogP contribution in [0.4, 0.5) is 0 Å². The first-order valence-corrected chi connectivity index (χ1v) is 7.02. The molecular formula is C16H19NO. The molecule has 0 radical (unpaired) electrons. The Hall–Kier alpha value is -1.28. The molecule has 5 rings (SSSR count). The van der Waals surface area contributed by atoms with Crippen molar-refractivity contribution in [3.8, 4) is 0 Å².